The summed E-state index contributed by atoms with van der Waals surface area (Å²) in [5.74, 6) is 1.09. The average Bonchev–Trinajstić information content (AvgIpc) is 2.72. The highest BCUT2D eigenvalue weighted by atomic mass is 16.5. The highest BCUT2D eigenvalue weighted by molar-refractivity contribution is 5.37. The highest BCUT2D eigenvalue weighted by Crippen LogP contribution is 2.10. The van der Waals surface area contributed by atoms with Gasteiger partial charge in [-0.05, 0) is 5.92 Å². The van der Waals surface area contributed by atoms with Gasteiger partial charge in [-0.15, -0.1) is 0 Å². The van der Waals surface area contributed by atoms with Crippen LogP contribution in [0.4, 0.5) is 5.95 Å². The number of nitrogens with zero attached hydrogens (tertiary/aromatic N) is 3. The molecule has 0 bridgehead atoms. The molecule has 0 saturated heterocycles. The Kier molecular flexibility index (Phi) is 3.61. The molecule has 7 nitrogen and oxygen atoms in total. The molecule has 2 heterocycles. The first-order chi connectivity index (χ1) is 8.61. The van der Waals surface area contributed by atoms with Crippen LogP contribution < -0.4 is 10.9 Å². The van der Waals surface area contributed by atoms with E-state index in [2.05, 4.69) is 20.4 Å². The van der Waals surface area contributed by atoms with Crippen LogP contribution in [-0.4, -0.2) is 39.8 Å². The lowest BCUT2D eigenvalue weighted by atomic mass is 10.1. The van der Waals surface area contributed by atoms with Crippen LogP contribution in [0.25, 0.3) is 5.78 Å². The molecule has 0 radical (unpaired) electrons. The average molecular weight is 251 g/mol. The predicted molar refractivity (Wildman–Crippen MR) is 68.1 cm³/mol. The molecule has 2 aromatic rings. The van der Waals surface area contributed by atoms with Crippen molar-refractivity contribution in [3.05, 3.63) is 22.1 Å². The van der Waals surface area contributed by atoms with Crippen molar-refractivity contribution in [2.45, 2.75) is 19.8 Å². The van der Waals surface area contributed by atoms with E-state index in [-0.39, 0.29) is 11.5 Å². The van der Waals surface area contributed by atoms with Gasteiger partial charge < -0.3 is 10.1 Å². The summed E-state index contributed by atoms with van der Waals surface area (Å²) < 4.78 is 6.24. The fourth-order valence-electron chi connectivity index (χ4n) is 1.54. The molecule has 0 saturated carbocycles. The minimum absolute atomic E-state index is 0.156. The number of aromatic amines is 1. The van der Waals surface area contributed by atoms with Crippen molar-refractivity contribution >= 4 is 11.7 Å². The van der Waals surface area contributed by atoms with Gasteiger partial charge in [0.05, 0.1) is 12.3 Å². The van der Waals surface area contributed by atoms with E-state index in [4.69, 9.17) is 4.74 Å². The molecule has 98 valence electrons. The van der Waals surface area contributed by atoms with E-state index >= 15 is 0 Å². The monoisotopic (exact) mass is 251 g/mol. The van der Waals surface area contributed by atoms with Crippen molar-refractivity contribution in [2.24, 2.45) is 0 Å². The molecule has 0 fully saturated rings. The number of fused-ring (bicyclic) bond motifs is 1. The second-order valence-corrected chi connectivity index (χ2v) is 4.30. The van der Waals surface area contributed by atoms with Gasteiger partial charge in [-0.2, -0.15) is 9.50 Å². The minimum atomic E-state index is -0.156. The van der Waals surface area contributed by atoms with E-state index in [1.54, 1.807) is 7.11 Å². The van der Waals surface area contributed by atoms with Crippen molar-refractivity contribution < 1.29 is 4.74 Å². The molecule has 0 atom stereocenters. The number of rotatable bonds is 5. The fraction of sp³-hybridized carbons (Fsp3) is 0.545. The standard InChI is InChI=1S/C11H17N5O2/c1-7(2)8-6-9(17)16-11(13-8)14-10(15-16)12-4-5-18-3/h6-7H,4-5H2,1-3H3,(H2,12,13,14,15). The van der Waals surface area contributed by atoms with Gasteiger partial charge in [-0.3, -0.25) is 9.89 Å². The van der Waals surface area contributed by atoms with Crippen LogP contribution >= 0.6 is 0 Å². The molecule has 2 aromatic heterocycles. The quantitative estimate of drug-likeness (QED) is 0.760. The summed E-state index contributed by atoms with van der Waals surface area (Å²) in [4.78, 5) is 20.4. The van der Waals surface area contributed by atoms with Gasteiger partial charge >= 0.3 is 0 Å². The van der Waals surface area contributed by atoms with Crippen LogP contribution in [0.15, 0.2) is 10.9 Å². The van der Waals surface area contributed by atoms with Gasteiger partial charge in [0, 0.05) is 19.7 Å². The maximum Gasteiger partial charge on any atom is 0.274 e. The Morgan fingerprint density at radius 1 is 1.50 bits per heavy atom. The third kappa shape index (κ3) is 2.51. The van der Waals surface area contributed by atoms with Crippen molar-refractivity contribution in [3.63, 3.8) is 0 Å². The summed E-state index contributed by atoms with van der Waals surface area (Å²) >= 11 is 0. The summed E-state index contributed by atoms with van der Waals surface area (Å²) in [5, 5.41) is 5.87. The molecular weight excluding hydrogens is 234 g/mol. The van der Waals surface area contributed by atoms with Gasteiger partial charge in [-0.1, -0.05) is 13.8 Å². The number of aromatic nitrogens is 4. The third-order valence-corrected chi connectivity index (χ3v) is 2.54. The zero-order chi connectivity index (χ0) is 13.1. The molecule has 2 N–H and O–H groups in total. The lowest BCUT2D eigenvalue weighted by Crippen LogP contribution is -2.16. The first-order valence-electron chi connectivity index (χ1n) is 5.84. The summed E-state index contributed by atoms with van der Waals surface area (Å²) in [6.07, 6.45) is 0. The van der Waals surface area contributed by atoms with Crippen molar-refractivity contribution in [1.82, 2.24) is 19.6 Å². The lowest BCUT2D eigenvalue weighted by Gasteiger charge is -2.01. The van der Waals surface area contributed by atoms with Crippen LogP contribution in [0.1, 0.15) is 25.5 Å². The Morgan fingerprint density at radius 3 is 2.94 bits per heavy atom. The maximum absolute atomic E-state index is 11.8. The van der Waals surface area contributed by atoms with E-state index in [1.165, 1.54) is 10.6 Å². The number of H-pyrrole nitrogens is 1. The molecule has 0 aromatic carbocycles. The van der Waals surface area contributed by atoms with Gasteiger partial charge in [0.2, 0.25) is 5.95 Å². The van der Waals surface area contributed by atoms with Crippen LogP contribution in [0.2, 0.25) is 0 Å². The van der Waals surface area contributed by atoms with Crippen molar-refractivity contribution in [2.75, 3.05) is 25.6 Å². The summed E-state index contributed by atoms with van der Waals surface area (Å²) in [7, 11) is 1.63. The number of ether oxygens (including phenoxy) is 1. The van der Waals surface area contributed by atoms with Crippen LogP contribution in [0.5, 0.6) is 0 Å². The van der Waals surface area contributed by atoms with E-state index in [0.717, 1.165) is 5.69 Å². The number of nitrogens with one attached hydrogen (secondary N) is 2. The molecule has 2 rings (SSSR count). The second-order valence-electron chi connectivity index (χ2n) is 4.30. The maximum atomic E-state index is 11.8. The Morgan fingerprint density at radius 2 is 2.28 bits per heavy atom. The lowest BCUT2D eigenvalue weighted by molar-refractivity contribution is 0.210. The first kappa shape index (κ1) is 12.6. The minimum Gasteiger partial charge on any atom is -0.383 e. The Balaban J connectivity index is 2.32. The number of hydrogen-bond acceptors (Lipinski definition) is 5. The Bertz CT molecular complexity index is 587. The molecule has 7 heteroatoms. The first-order valence-corrected chi connectivity index (χ1v) is 5.84. The molecule has 0 spiro atoms. The number of hydrogen-bond donors (Lipinski definition) is 2. The van der Waals surface area contributed by atoms with Gasteiger partial charge in [-0.25, -0.2) is 4.98 Å². The largest absolute Gasteiger partial charge is 0.383 e. The van der Waals surface area contributed by atoms with Crippen molar-refractivity contribution in [3.8, 4) is 0 Å². The van der Waals surface area contributed by atoms with Gasteiger partial charge in [0.15, 0.2) is 0 Å². The normalized spacial score (nSPS) is 11.3. The van der Waals surface area contributed by atoms with Gasteiger partial charge in [0.25, 0.3) is 11.3 Å². The van der Waals surface area contributed by atoms with Crippen molar-refractivity contribution in [1.29, 1.82) is 0 Å². The molecule has 0 amide bonds. The highest BCUT2D eigenvalue weighted by Gasteiger charge is 2.09. The zero-order valence-electron chi connectivity index (χ0n) is 10.7. The zero-order valence-corrected chi connectivity index (χ0v) is 10.7. The van der Waals surface area contributed by atoms with E-state index < -0.39 is 0 Å². The third-order valence-electron chi connectivity index (χ3n) is 2.54. The molecule has 0 aliphatic heterocycles. The number of methoxy groups -OCH3 is 1. The SMILES string of the molecule is COCCNc1nc2nc(C(C)C)cc(=O)n2[nH]1. The molecule has 0 unspecified atom stereocenters. The topological polar surface area (TPSA) is 84.3 Å². The molecule has 0 aliphatic carbocycles. The Labute approximate surface area is 104 Å². The van der Waals surface area contributed by atoms with E-state index in [0.29, 0.717) is 24.9 Å². The predicted octanol–water partition coefficient (Wildman–Crippen LogP) is 0.599. The molecular formula is C11H17N5O2. The summed E-state index contributed by atoms with van der Waals surface area (Å²) in [6.45, 7) is 5.16. The smallest absolute Gasteiger partial charge is 0.274 e. The summed E-state index contributed by atoms with van der Waals surface area (Å²) in [6, 6.07) is 1.52. The summed E-state index contributed by atoms with van der Waals surface area (Å²) in [5.41, 5.74) is 0.589. The Hall–Kier alpha value is -1.89. The van der Waals surface area contributed by atoms with Crippen LogP contribution in [0, 0.1) is 0 Å². The van der Waals surface area contributed by atoms with Gasteiger partial charge in [0.1, 0.15) is 0 Å². The second kappa shape index (κ2) is 5.18. The van der Waals surface area contributed by atoms with Crippen LogP contribution in [-0.2, 0) is 4.74 Å². The molecule has 18 heavy (non-hydrogen) atoms. The van der Waals surface area contributed by atoms with E-state index in [1.807, 2.05) is 13.8 Å². The molecule has 0 aliphatic rings. The van der Waals surface area contributed by atoms with Crippen LogP contribution in [0.3, 0.4) is 0 Å². The fourth-order valence-corrected chi connectivity index (χ4v) is 1.54. The number of anilines is 1. The van der Waals surface area contributed by atoms with E-state index in [9.17, 15) is 4.79 Å².